The van der Waals surface area contributed by atoms with Crippen LogP contribution in [0.3, 0.4) is 0 Å². The molecule has 2 aromatic carbocycles. The summed E-state index contributed by atoms with van der Waals surface area (Å²) in [6, 6.07) is 11.7. The quantitative estimate of drug-likeness (QED) is 0.760. The van der Waals surface area contributed by atoms with Crippen molar-refractivity contribution in [3.8, 4) is 0 Å². The Morgan fingerprint density at radius 3 is 2.53 bits per heavy atom. The molecule has 1 heterocycles. The van der Waals surface area contributed by atoms with Gasteiger partial charge in [0, 0.05) is 5.39 Å². The fourth-order valence-corrected chi connectivity index (χ4v) is 2.02. The number of fused-ring (bicyclic) bond motifs is 1. The lowest BCUT2D eigenvalue weighted by Gasteiger charge is -2.07. The number of benzene rings is 2. The first-order valence-corrected chi connectivity index (χ1v) is 5.76. The highest BCUT2D eigenvalue weighted by Gasteiger charge is 2.17. The minimum atomic E-state index is -1.12. The SMILES string of the molecule is OC(c1cccc(F)c1)c1cc2cccc(F)c2o1. The first kappa shape index (κ1) is 11.9. The second-order valence-corrected chi connectivity index (χ2v) is 4.26. The topological polar surface area (TPSA) is 33.4 Å². The van der Waals surface area contributed by atoms with Gasteiger partial charge in [-0.25, -0.2) is 8.78 Å². The number of furan rings is 1. The number of aliphatic hydroxyl groups is 1. The maximum atomic E-state index is 13.5. The third-order valence-electron chi connectivity index (χ3n) is 2.95. The lowest BCUT2D eigenvalue weighted by molar-refractivity contribution is 0.191. The number of hydrogen-bond acceptors (Lipinski definition) is 2. The summed E-state index contributed by atoms with van der Waals surface area (Å²) in [6.45, 7) is 0. The van der Waals surface area contributed by atoms with Crippen molar-refractivity contribution in [1.29, 1.82) is 0 Å². The predicted molar refractivity (Wildman–Crippen MR) is 66.6 cm³/mol. The van der Waals surface area contributed by atoms with Crippen molar-refractivity contribution in [1.82, 2.24) is 0 Å². The summed E-state index contributed by atoms with van der Waals surface area (Å²) >= 11 is 0. The summed E-state index contributed by atoms with van der Waals surface area (Å²) < 4.78 is 31.9. The van der Waals surface area contributed by atoms with Gasteiger partial charge in [0.25, 0.3) is 0 Å². The standard InChI is InChI=1S/C15H10F2O2/c16-11-5-1-3-9(7-11)14(18)13-8-10-4-2-6-12(17)15(10)19-13/h1-8,14,18H. The van der Waals surface area contributed by atoms with Gasteiger partial charge in [0.15, 0.2) is 11.4 Å². The minimum Gasteiger partial charge on any atom is -0.455 e. The summed E-state index contributed by atoms with van der Waals surface area (Å²) in [6.07, 6.45) is -1.12. The van der Waals surface area contributed by atoms with Crippen LogP contribution in [0.15, 0.2) is 52.9 Å². The van der Waals surface area contributed by atoms with Gasteiger partial charge < -0.3 is 9.52 Å². The molecule has 0 bridgehead atoms. The Morgan fingerprint density at radius 1 is 1.00 bits per heavy atom. The maximum Gasteiger partial charge on any atom is 0.170 e. The molecular weight excluding hydrogens is 250 g/mol. The molecule has 0 radical (unpaired) electrons. The van der Waals surface area contributed by atoms with Crippen molar-refractivity contribution < 1.29 is 18.3 Å². The van der Waals surface area contributed by atoms with Gasteiger partial charge in [0.05, 0.1) is 0 Å². The van der Waals surface area contributed by atoms with Gasteiger partial charge in [0.2, 0.25) is 0 Å². The zero-order valence-corrected chi connectivity index (χ0v) is 9.81. The average Bonchev–Trinajstić information content (AvgIpc) is 2.83. The van der Waals surface area contributed by atoms with Gasteiger partial charge in [-0.2, -0.15) is 0 Å². The molecule has 1 aromatic heterocycles. The summed E-state index contributed by atoms with van der Waals surface area (Å²) in [5.74, 6) is -0.750. The molecule has 0 aliphatic carbocycles. The summed E-state index contributed by atoms with van der Waals surface area (Å²) in [7, 11) is 0. The maximum absolute atomic E-state index is 13.5. The zero-order chi connectivity index (χ0) is 13.4. The lowest BCUT2D eigenvalue weighted by atomic mass is 10.1. The Balaban J connectivity index is 2.06. The van der Waals surface area contributed by atoms with Crippen LogP contribution in [0, 0.1) is 11.6 Å². The van der Waals surface area contributed by atoms with Crippen molar-refractivity contribution in [2.45, 2.75) is 6.10 Å². The van der Waals surface area contributed by atoms with Crippen LogP contribution in [-0.2, 0) is 0 Å². The van der Waals surface area contributed by atoms with E-state index in [1.807, 2.05) is 0 Å². The second kappa shape index (κ2) is 4.48. The van der Waals surface area contributed by atoms with E-state index in [0.29, 0.717) is 10.9 Å². The molecule has 19 heavy (non-hydrogen) atoms. The van der Waals surface area contributed by atoms with Crippen LogP contribution in [0.1, 0.15) is 17.4 Å². The first-order valence-electron chi connectivity index (χ1n) is 5.76. The normalized spacial score (nSPS) is 12.8. The fraction of sp³-hybridized carbons (Fsp3) is 0.0667. The average molecular weight is 260 g/mol. The van der Waals surface area contributed by atoms with Crippen LogP contribution < -0.4 is 0 Å². The van der Waals surface area contributed by atoms with Crippen LogP contribution in [0.4, 0.5) is 8.78 Å². The smallest absolute Gasteiger partial charge is 0.170 e. The highest BCUT2D eigenvalue weighted by molar-refractivity contribution is 5.78. The molecule has 0 saturated heterocycles. The zero-order valence-electron chi connectivity index (χ0n) is 9.81. The number of para-hydroxylation sites is 1. The Labute approximate surface area is 107 Å². The van der Waals surface area contributed by atoms with E-state index in [0.717, 1.165) is 0 Å². The predicted octanol–water partition coefficient (Wildman–Crippen LogP) is 3.79. The highest BCUT2D eigenvalue weighted by atomic mass is 19.1. The molecule has 3 aromatic rings. The molecule has 0 amide bonds. The Morgan fingerprint density at radius 2 is 1.79 bits per heavy atom. The van der Waals surface area contributed by atoms with E-state index < -0.39 is 17.7 Å². The molecule has 1 atom stereocenters. The van der Waals surface area contributed by atoms with E-state index in [-0.39, 0.29) is 11.3 Å². The Kier molecular flexibility index (Phi) is 2.80. The van der Waals surface area contributed by atoms with Gasteiger partial charge in [-0.1, -0.05) is 24.3 Å². The third kappa shape index (κ3) is 2.11. The molecule has 4 heteroatoms. The Hall–Kier alpha value is -2.20. The molecule has 0 saturated carbocycles. The molecule has 0 spiro atoms. The molecule has 0 aliphatic heterocycles. The van der Waals surface area contributed by atoms with Gasteiger partial charge in [-0.3, -0.25) is 0 Å². The van der Waals surface area contributed by atoms with Crippen molar-refractivity contribution >= 4 is 11.0 Å². The molecule has 1 N–H and O–H groups in total. The van der Waals surface area contributed by atoms with Gasteiger partial charge in [-0.05, 0) is 29.8 Å². The molecular formula is C15H10F2O2. The van der Waals surface area contributed by atoms with Crippen LogP contribution in [0.5, 0.6) is 0 Å². The lowest BCUT2D eigenvalue weighted by Crippen LogP contribution is -1.98. The van der Waals surface area contributed by atoms with E-state index in [4.69, 9.17) is 4.42 Å². The van der Waals surface area contributed by atoms with Crippen molar-refractivity contribution in [3.63, 3.8) is 0 Å². The van der Waals surface area contributed by atoms with E-state index >= 15 is 0 Å². The Bertz CT molecular complexity index is 734. The van der Waals surface area contributed by atoms with Crippen LogP contribution >= 0.6 is 0 Å². The van der Waals surface area contributed by atoms with E-state index in [9.17, 15) is 13.9 Å². The molecule has 0 aliphatic rings. The van der Waals surface area contributed by atoms with Crippen LogP contribution in [-0.4, -0.2) is 5.11 Å². The first-order chi connectivity index (χ1) is 9.15. The van der Waals surface area contributed by atoms with Crippen molar-refractivity contribution in [2.75, 3.05) is 0 Å². The van der Waals surface area contributed by atoms with Gasteiger partial charge in [-0.15, -0.1) is 0 Å². The minimum absolute atomic E-state index is 0.0907. The van der Waals surface area contributed by atoms with Gasteiger partial charge in [0.1, 0.15) is 17.7 Å². The number of aliphatic hydroxyl groups excluding tert-OH is 1. The molecule has 3 rings (SSSR count). The molecule has 0 fully saturated rings. The fourth-order valence-electron chi connectivity index (χ4n) is 2.02. The highest BCUT2D eigenvalue weighted by Crippen LogP contribution is 2.29. The number of rotatable bonds is 2. The molecule has 1 unspecified atom stereocenters. The molecule has 2 nitrogen and oxygen atoms in total. The van der Waals surface area contributed by atoms with E-state index in [1.165, 1.54) is 24.3 Å². The molecule has 96 valence electrons. The number of hydrogen-bond donors (Lipinski definition) is 1. The van der Waals surface area contributed by atoms with Crippen molar-refractivity contribution in [2.24, 2.45) is 0 Å². The monoisotopic (exact) mass is 260 g/mol. The van der Waals surface area contributed by atoms with Gasteiger partial charge >= 0.3 is 0 Å². The van der Waals surface area contributed by atoms with E-state index in [1.54, 1.807) is 24.3 Å². The summed E-state index contributed by atoms with van der Waals surface area (Å²) in [4.78, 5) is 0. The summed E-state index contributed by atoms with van der Waals surface area (Å²) in [5.41, 5.74) is 0.451. The van der Waals surface area contributed by atoms with Crippen LogP contribution in [0.2, 0.25) is 0 Å². The third-order valence-corrected chi connectivity index (χ3v) is 2.95. The summed E-state index contributed by atoms with van der Waals surface area (Å²) in [5, 5.41) is 10.7. The van der Waals surface area contributed by atoms with Crippen molar-refractivity contribution in [3.05, 3.63) is 71.5 Å². The second-order valence-electron chi connectivity index (χ2n) is 4.26. The number of halogens is 2. The van der Waals surface area contributed by atoms with Crippen LogP contribution in [0.25, 0.3) is 11.0 Å². The largest absolute Gasteiger partial charge is 0.455 e. The van der Waals surface area contributed by atoms with E-state index in [2.05, 4.69) is 0 Å².